The van der Waals surface area contributed by atoms with Crippen molar-refractivity contribution < 1.29 is 69.0 Å². The Kier molecular flexibility index (Phi) is 35.8. The van der Waals surface area contributed by atoms with Crippen molar-refractivity contribution in [2.45, 2.75) is 229 Å². The van der Waals surface area contributed by atoms with Crippen LogP contribution in [0.2, 0.25) is 0 Å². The van der Waals surface area contributed by atoms with E-state index in [1.807, 2.05) is 0 Å². The summed E-state index contributed by atoms with van der Waals surface area (Å²) in [6.07, 6.45) is 30.1. The Hall–Kier alpha value is -2.31. The highest BCUT2D eigenvalue weighted by molar-refractivity contribution is 5.69. The molecule has 14 heteroatoms. The van der Waals surface area contributed by atoms with Gasteiger partial charge in [-0.25, -0.2) is 0 Å². The van der Waals surface area contributed by atoms with Crippen LogP contribution in [0.15, 0.2) is 60.8 Å². The summed E-state index contributed by atoms with van der Waals surface area (Å²) in [6.45, 7) is 3.40. The largest absolute Gasteiger partial charge is 0.457 e. The number of rotatable bonds is 39. The molecule has 0 aromatic rings. The van der Waals surface area contributed by atoms with Gasteiger partial charge in [0.05, 0.1) is 26.4 Å². The molecular formula is C52H90O14. The quantitative estimate of drug-likeness (QED) is 0.0183. The van der Waals surface area contributed by atoms with Crippen molar-refractivity contribution in [3.63, 3.8) is 0 Å². The van der Waals surface area contributed by atoms with Crippen LogP contribution in [-0.4, -0.2) is 142 Å². The zero-order valence-electron chi connectivity index (χ0n) is 40.4. The van der Waals surface area contributed by atoms with Crippen LogP contribution in [0.3, 0.4) is 0 Å². The number of aliphatic hydroxyl groups is 7. The first-order valence-electron chi connectivity index (χ1n) is 25.4. The molecule has 2 saturated heterocycles. The number of hydrogen-bond donors (Lipinski definition) is 7. The molecule has 0 aliphatic carbocycles. The Bertz CT molecular complexity index is 1320. The van der Waals surface area contributed by atoms with Gasteiger partial charge < -0.3 is 64.2 Å². The highest BCUT2D eigenvalue weighted by atomic mass is 16.7. The fourth-order valence-corrected chi connectivity index (χ4v) is 7.64. The van der Waals surface area contributed by atoms with E-state index in [0.29, 0.717) is 13.0 Å². The van der Waals surface area contributed by atoms with Gasteiger partial charge in [-0.3, -0.25) is 4.79 Å². The lowest BCUT2D eigenvalue weighted by Gasteiger charge is -2.42. The van der Waals surface area contributed by atoms with Crippen molar-refractivity contribution in [1.82, 2.24) is 0 Å². The van der Waals surface area contributed by atoms with Gasteiger partial charge in [-0.15, -0.1) is 0 Å². The van der Waals surface area contributed by atoms with Gasteiger partial charge in [-0.1, -0.05) is 145 Å². The highest BCUT2D eigenvalue weighted by Crippen LogP contribution is 2.26. The lowest BCUT2D eigenvalue weighted by Crippen LogP contribution is -2.61. The van der Waals surface area contributed by atoms with Gasteiger partial charge in [-0.2, -0.15) is 0 Å². The predicted molar refractivity (Wildman–Crippen MR) is 256 cm³/mol. The molecule has 11 unspecified atom stereocenters. The van der Waals surface area contributed by atoms with Crippen molar-refractivity contribution >= 4 is 5.97 Å². The van der Waals surface area contributed by atoms with Crippen LogP contribution < -0.4 is 0 Å². The maximum atomic E-state index is 13.0. The molecular weight excluding hydrogens is 849 g/mol. The average Bonchev–Trinajstić information content (AvgIpc) is 3.31. The molecule has 0 spiro atoms. The minimum atomic E-state index is -1.72. The van der Waals surface area contributed by atoms with Crippen LogP contribution >= 0.6 is 0 Å². The maximum Gasteiger partial charge on any atom is 0.306 e. The van der Waals surface area contributed by atoms with Crippen molar-refractivity contribution in [2.75, 3.05) is 33.0 Å². The van der Waals surface area contributed by atoms with Gasteiger partial charge >= 0.3 is 5.97 Å². The van der Waals surface area contributed by atoms with E-state index in [0.717, 1.165) is 64.2 Å². The molecule has 2 rings (SSSR count). The lowest BCUT2D eigenvalue weighted by molar-refractivity contribution is -0.332. The monoisotopic (exact) mass is 939 g/mol. The van der Waals surface area contributed by atoms with Crippen molar-refractivity contribution in [3.8, 4) is 0 Å². The Morgan fingerprint density at radius 3 is 1.56 bits per heavy atom. The van der Waals surface area contributed by atoms with E-state index >= 15 is 0 Å². The first-order valence-corrected chi connectivity index (χ1v) is 25.4. The summed E-state index contributed by atoms with van der Waals surface area (Å²) in [6, 6.07) is 0. The number of carbonyl (C=O) groups excluding carboxylic acids is 1. The van der Waals surface area contributed by atoms with Crippen molar-refractivity contribution in [3.05, 3.63) is 60.8 Å². The fourth-order valence-electron chi connectivity index (χ4n) is 7.64. The molecule has 66 heavy (non-hydrogen) atoms. The second-order valence-corrected chi connectivity index (χ2v) is 17.6. The summed E-state index contributed by atoms with van der Waals surface area (Å²) in [5.74, 6) is -0.401. The Morgan fingerprint density at radius 2 is 0.985 bits per heavy atom. The third-order valence-electron chi connectivity index (χ3n) is 11.8. The molecule has 0 amide bonds. The van der Waals surface area contributed by atoms with E-state index in [-0.39, 0.29) is 19.6 Å². The van der Waals surface area contributed by atoms with Crippen LogP contribution in [0, 0.1) is 0 Å². The van der Waals surface area contributed by atoms with E-state index in [2.05, 4.69) is 74.6 Å². The highest BCUT2D eigenvalue weighted by Gasteiger charge is 2.47. The second kappa shape index (κ2) is 39.5. The van der Waals surface area contributed by atoms with Crippen molar-refractivity contribution in [2.24, 2.45) is 0 Å². The van der Waals surface area contributed by atoms with Crippen molar-refractivity contribution in [1.29, 1.82) is 0 Å². The van der Waals surface area contributed by atoms with Gasteiger partial charge in [-0.05, 0) is 70.6 Å². The van der Waals surface area contributed by atoms with Crippen LogP contribution in [0.4, 0.5) is 0 Å². The number of unbranched alkanes of at least 4 members (excludes halogenated alkanes) is 15. The van der Waals surface area contributed by atoms with Gasteiger partial charge in [0.1, 0.15) is 54.9 Å². The summed E-state index contributed by atoms with van der Waals surface area (Å²) in [5.41, 5.74) is 0. The number of aliphatic hydroxyl groups excluding tert-OH is 7. The molecule has 0 bridgehead atoms. The minimum Gasteiger partial charge on any atom is -0.457 e. The first kappa shape index (κ1) is 59.8. The van der Waals surface area contributed by atoms with E-state index in [1.165, 1.54) is 70.6 Å². The Labute approximate surface area is 396 Å². The number of carbonyl (C=O) groups is 1. The Balaban J connectivity index is 1.79. The molecule has 382 valence electrons. The van der Waals surface area contributed by atoms with Gasteiger partial charge in [0.15, 0.2) is 12.6 Å². The Morgan fingerprint density at radius 1 is 0.515 bits per heavy atom. The molecule has 2 aliphatic heterocycles. The smallest absolute Gasteiger partial charge is 0.306 e. The molecule has 7 N–H and O–H groups in total. The van der Waals surface area contributed by atoms with Crippen LogP contribution in [0.5, 0.6) is 0 Å². The van der Waals surface area contributed by atoms with E-state index in [9.17, 15) is 40.5 Å². The van der Waals surface area contributed by atoms with E-state index < -0.39 is 86.7 Å². The number of esters is 1. The minimum absolute atomic E-state index is 0.0197. The molecule has 14 nitrogen and oxygen atoms in total. The normalized spacial score (nSPS) is 26.8. The summed E-state index contributed by atoms with van der Waals surface area (Å²) >= 11 is 0. The predicted octanol–water partition coefficient (Wildman–Crippen LogP) is 7.35. The third kappa shape index (κ3) is 27.0. The number of hydrogen-bond acceptors (Lipinski definition) is 14. The van der Waals surface area contributed by atoms with Crippen LogP contribution in [-0.2, 0) is 33.2 Å². The molecule has 0 aromatic heterocycles. The third-order valence-corrected chi connectivity index (χ3v) is 11.8. The molecule has 2 aliphatic rings. The summed E-state index contributed by atoms with van der Waals surface area (Å²) in [5, 5.41) is 72.1. The van der Waals surface area contributed by atoms with Gasteiger partial charge in [0.25, 0.3) is 0 Å². The molecule has 2 fully saturated rings. The molecule has 2 heterocycles. The fraction of sp³-hybridized carbons (Fsp3) is 0.788. The zero-order chi connectivity index (χ0) is 48.0. The summed E-state index contributed by atoms with van der Waals surface area (Å²) < 4.78 is 34.2. The average molecular weight is 939 g/mol. The van der Waals surface area contributed by atoms with E-state index in [4.69, 9.17) is 28.4 Å². The maximum absolute atomic E-state index is 13.0. The van der Waals surface area contributed by atoms with Crippen LogP contribution in [0.25, 0.3) is 0 Å². The standard InChI is InChI=1S/C52H90O14/c1-3-5-7-9-11-13-15-17-19-20-21-22-23-25-27-29-31-33-35-44(54)64-41(38-61-36-34-32-30-28-26-24-18-16-14-12-10-8-6-4-2)39-62-51-50(60)48(58)46(56)43(66-51)40-63-52-49(59)47(57)45(55)42(37-53)65-52/h6,8,12,14,18-20,24,28,30,41-43,45-53,55-60H,3-5,7,9-11,13,15-17,21-23,25-27,29,31-40H2,1-2H3/b8-6-,14-12-,20-19-,24-18-,30-28-. The number of ether oxygens (including phenoxy) is 6. The second-order valence-electron chi connectivity index (χ2n) is 17.6. The SMILES string of the molecule is CC/C=C\C/C=C\C/C=C\C/C=C\CCCOCC(COC1OC(COC2OC(CO)C(O)C(O)C2O)C(O)C(O)C1O)OC(=O)CCCCCCCCC/C=C\CCCCCCCCC. The van der Waals surface area contributed by atoms with E-state index in [1.54, 1.807) is 0 Å². The van der Waals surface area contributed by atoms with Crippen LogP contribution in [0.1, 0.15) is 162 Å². The molecule has 0 aromatic carbocycles. The van der Waals surface area contributed by atoms with Gasteiger partial charge in [0.2, 0.25) is 0 Å². The summed E-state index contributed by atoms with van der Waals surface area (Å²) in [4.78, 5) is 13.0. The van der Waals surface area contributed by atoms with Gasteiger partial charge in [0, 0.05) is 13.0 Å². The molecule has 0 saturated carbocycles. The lowest BCUT2D eigenvalue weighted by atomic mass is 9.98. The molecule has 0 radical (unpaired) electrons. The molecule has 11 atom stereocenters. The summed E-state index contributed by atoms with van der Waals surface area (Å²) in [7, 11) is 0. The number of allylic oxidation sites excluding steroid dienone is 10. The first-order chi connectivity index (χ1) is 32.1. The topological polar surface area (TPSA) is 214 Å². The zero-order valence-corrected chi connectivity index (χ0v) is 40.4.